The third kappa shape index (κ3) is 3.78. The van der Waals surface area contributed by atoms with Crippen LogP contribution in [0.15, 0.2) is 36.4 Å². The predicted octanol–water partition coefficient (Wildman–Crippen LogP) is 2.53. The second kappa shape index (κ2) is 7.90. The van der Waals surface area contributed by atoms with E-state index < -0.39 is 11.7 Å². The number of para-hydroxylation sites is 1. The van der Waals surface area contributed by atoms with E-state index in [-0.39, 0.29) is 6.10 Å². The first-order chi connectivity index (χ1) is 14.1. The van der Waals surface area contributed by atoms with Gasteiger partial charge in [-0.1, -0.05) is 18.2 Å². The molecule has 1 aliphatic rings. The number of likely N-dealkylation sites (tertiary alicyclic amines) is 1. The molecular formula is C21H22N4O4. The van der Waals surface area contributed by atoms with Crippen LogP contribution >= 0.6 is 0 Å². The Balaban J connectivity index is 1.47. The van der Waals surface area contributed by atoms with Gasteiger partial charge in [0.15, 0.2) is 0 Å². The van der Waals surface area contributed by atoms with Crippen molar-refractivity contribution < 1.29 is 19.1 Å². The number of aryl methyl sites for hydroxylation is 1. The fraction of sp³-hybridized carbons (Fsp3) is 0.333. The van der Waals surface area contributed by atoms with Crippen molar-refractivity contribution in [1.82, 2.24) is 20.1 Å². The van der Waals surface area contributed by atoms with Crippen molar-refractivity contribution in [3.63, 3.8) is 0 Å². The molecule has 1 amide bonds. The van der Waals surface area contributed by atoms with Gasteiger partial charge in [0, 0.05) is 35.3 Å². The molecule has 1 N–H and O–H groups in total. The Bertz CT molecular complexity index is 1040. The molecule has 1 unspecified atom stereocenters. The number of ether oxygens (including phenoxy) is 2. The van der Waals surface area contributed by atoms with Crippen LogP contribution in [0.3, 0.4) is 0 Å². The van der Waals surface area contributed by atoms with Crippen LogP contribution < -0.4 is 9.47 Å². The fourth-order valence-electron chi connectivity index (χ4n) is 3.69. The maximum Gasteiger partial charge on any atom is 0.295 e. The lowest BCUT2D eigenvalue weighted by Crippen LogP contribution is -2.47. The van der Waals surface area contributed by atoms with E-state index in [1.54, 1.807) is 17.0 Å². The summed E-state index contributed by atoms with van der Waals surface area (Å²) < 4.78 is 10.8. The van der Waals surface area contributed by atoms with Gasteiger partial charge in [-0.2, -0.15) is 0 Å². The van der Waals surface area contributed by atoms with Crippen molar-refractivity contribution in [3.05, 3.63) is 47.7 Å². The van der Waals surface area contributed by atoms with E-state index in [1.807, 2.05) is 31.2 Å². The van der Waals surface area contributed by atoms with E-state index in [2.05, 4.69) is 15.2 Å². The van der Waals surface area contributed by atoms with Crippen LogP contribution in [-0.2, 0) is 4.79 Å². The summed E-state index contributed by atoms with van der Waals surface area (Å²) in [7, 11) is 1.52. The van der Waals surface area contributed by atoms with Crippen molar-refractivity contribution >= 4 is 22.6 Å². The average Bonchev–Trinajstić information content (AvgIpc) is 3.09. The van der Waals surface area contributed by atoms with Crippen LogP contribution in [0.4, 0.5) is 0 Å². The normalized spacial score (nSPS) is 16.6. The number of aromatic amines is 1. The molecule has 150 valence electrons. The number of hydrogen-bond donors (Lipinski definition) is 1. The minimum Gasteiger partial charge on any atom is -0.480 e. The summed E-state index contributed by atoms with van der Waals surface area (Å²) in [6, 6.07) is 10.8. The van der Waals surface area contributed by atoms with Gasteiger partial charge in [0.2, 0.25) is 11.8 Å². The molecule has 3 heterocycles. The number of carbonyl (C=O) groups is 2. The van der Waals surface area contributed by atoms with Crippen molar-refractivity contribution in [2.45, 2.75) is 25.9 Å². The number of ketones is 1. The lowest BCUT2D eigenvalue weighted by Gasteiger charge is -2.32. The van der Waals surface area contributed by atoms with Crippen molar-refractivity contribution in [2.24, 2.45) is 0 Å². The highest BCUT2D eigenvalue weighted by molar-refractivity contribution is 6.45. The van der Waals surface area contributed by atoms with Gasteiger partial charge in [0.05, 0.1) is 19.2 Å². The van der Waals surface area contributed by atoms with E-state index >= 15 is 0 Å². The first kappa shape index (κ1) is 18.9. The number of nitrogens with zero attached hydrogens (tertiary/aromatic N) is 3. The van der Waals surface area contributed by atoms with Gasteiger partial charge in [-0.25, -0.2) is 0 Å². The number of rotatable bonds is 5. The summed E-state index contributed by atoms with van der Waals surface area (Å²) in [5.74, 6) is -0.238. The molecular weight excluding hydrogens is 372 g/mol. The molecule has 2 aromatic heterocycles. The van der Waals surface area contributed by atoms with Gasteiger partial charge in [-0.05, 0) is 25.8 Å². The first-order valence-corrected chi connectivity index (χ1v) is 9.52. The number of carbonyl (C=O) groups excluding carboxylic acids is 2. The number of hydrogen-bond acceptors (Lipinski definition) is 6. The van der Waals surface area contributed by atoms with Crippen LogP contribution in [0.25, 0.3) is 10.9 Å². The van der Waals surface area contributed by atoms with Gasteiger partial charge in [0.25, 0.3) is 11.7 Å². The molecule has 0 aliphatic carbocycles. The van der Waals surface area contributed by atoms with Crippen LogP contribution in [0.1, 0.15) is 28.9 Å². The number of H-pyrrole nitrogens is 1. The highest BCUT2D eigenvalue weighted by Gasteiger charge is 2.31. The minimum atomic E-state index is -0.507. The lowest BCUT2D eigenvalue weighted by molar-refractivity contribution is -0.129. The number of piperidine rings is 1. The summed E-state index contributed by atoms with van der Waals surface area (Å²) in [5.41, 5.74) is 1.98. The summed E-state index contributed by atoms with van der Waals surface area (Å²) in [4.78, 5) is 30.7. The zero-order valence-corrected chi connectivity index (χ0v) is 16.3. The van der Waals surface area contributed by atoms with Crippen LogP contribution in [0, 0.1) is 6.92 Å². The Kier molecular flexibility index (Phi) is 5.16. The summed E-state index contributed by atoms with van der Waals surface area (Å²) in [6.07, 6.45) is 1.28. The number of fused-ring (bicyclic) bond motifs is 1. The third-order valence-electron chi connectivity index (χ3n) is 5.09. The molecule has 8 nitrogen and oxygen atoms in total. The second-order valence-corrected chi connectivity index (χ2v) is 7.05. The SMILES string of the molecule is COc1ccc(OC2CCCN(C(=O)C(=O)c3c(C)[nH]c4ccccc34)C2)nn1. The van der Waals surface area contributed by atoms with E-state index in [4.69, 9.17) is 9.47 Å². The molecule has 3 aromatic rings. The number of Topliss-reactive ketones (excluding diaryl/α,β-unsaturated/α-hetero) is 1. The fourth-order valence-corrected chi connectivity index (χ4v) is 3.69. The molecule has 0 radical (unpaired) electrons. The topological polar surface area (TPSA) is 97.4 Å². The largest absolute Gasteiger partial charge is 0.480 e. The molecule has 1 aliphatic heterocycles. The lowest BCUT2D eigenvalue weighted by atomic mass is 10.0. The Labute approximate surface area is 167 Å². The third-order valence-corrected chi connectivity index (χ3v) is 5.09. The zero-order valence-electron chi connectivity index (χ0n) is 16.3. The monoisotopic (exact) mass is 394 g/mol. The Morgan fingerprint density at radius 3 is 2.66 bits per heavy atom. The molecule has 29 heavy (non-hydrogen) atoms. The highest BCUT2D eigenvalue weighted by atomic mass is 16.5. The van der Waals surface area contributed by atoms with Crippen molar-refractivity contribution in [2.75, 3.05) is 20.2 Å². The molecule has 0 saturated carbocycles. The molecule has 1 atom stereocenters. The molecule has 4 rings (SSSR count). The van der Waals surface area contributed by atoms with Crippen molar-refractivity contribution in [3.8, 4) is 11.8 Å². The maximum atomic E-state index is 13.0. The Hall–Kier alpha value is -3.42. The number of aromatic nitrogens is 3. The number of benzene rings is 1. The molecule has 0 bridgehead atoms. The summed E-state index contributed by atoms with van der Waals surface area (Å²) in [6.45, 7) is 2.67. The van der Waals surface area contributed by atoms with E-state index in [1.165, 1.54) is 7.11 Å². The van der Waals surface area contributed by atoms with E-state index in [9.17, 15) is 9.59 Å². The van der Waals surface area contributed by atoms with Gasteiger partial charge >= 0.3 is 0 Å². The smallest absolute Gasteiger partial charge is 0.295 e. The van der Waals surface area contributed by atoms with Gasteiger partial charge in [-0.3, -0.25) is 9.59 Å². The first-order valence-electron chi connectivity index (χ1n) is 9.52. The van der Waals surface area contributed by atoms with Gasteiger partial charge in [-0.15, -0.1) is 10.2 Å². The number of amides is 1. The molecule has 1 saturated heterocycles. The maximum absolute atomic E-state index is 13.0. The summed E-state index contributed by atoms with van der Waals surface area (Å²) in [5, 5.41) is 8.61. The number of methoxy groups -OCH3 is 1. The van der Waals surface area contributed by atoms with Gasteiger partial charge in [0.1, 0.15) is 6.10 Å². The van der Waals surface area contributed by atoms with Crippen LogP contribution in [-0.4, -0.2) is 58.1 Å². The minimum absolute atomic E-state index is 0.243. The molecule has 0 spiro atoms. The summed E-state index contributed by atoms with van der Waals surface area (Å²) >= 11 is 0. The molecule has 8 heteroatoms. The van der Waals surface area contributed by atoms with Crippen molar-refractivity contribution in [1.29, 1.82) is 0 Å². The number of nitrogens with one attached hydrogen (secondary N) is 1. The van der Waals surface area contributed by atoms with E-state index in [0.29, 0.717) is 36.1 Å². The zero-order chi connectivity index (χ0) is 20.4. The molecule has 1 aromatic carbocycles. The standard InChI is InChI=1S/C21H22N4O4/c1-13-19(15-7-3-4-8-16(15)22-13)20(26)21(27)25-11-5-6-14(12-25)29-18-10-9-17(28-2)23-24-18/h3-4,7-10,14,22H,5-6,11-12H2,1-2H3. The second-order valence-electron chi connectivity index (χ2n) is 7.05. The van der Waals surface area contributed by atoms with Crippen LogP contribution in [0.2, 0.25) is 0 Å². The predicted molar refractivity (Wildman–Crippen MR) is 106 cm³/mol. The Morgan fingerprint density at radius 2 is 1.90 bits per heavy atom. The molecule has 1 fully saturated rings. The van der Waals surface area contributed by atoms with E-state index in [0.717, 1.165) is 23.7 Å². The quantitative estimate of drug-likeness (QED) is 0.528. The Morgan fingerprint density at radius 1 is 1.14 bits per heavy atom. The van der Waals surface area contributed by atoms with Gasteiger partial charge < -0.3 is 19.4 Å². The van der Waals surface area contributed by atoms with Crippen LogP contribution in [0.5, 0.6) is 11.8 Å². The average molecular weight is 394 g/mol. The highest BCUT2D eigenvalue weighted by Crippen LogP contribution is 2.24.